The Hall–Kier alpha value is -0.580. The van der Waals surface area contributed by atoms with Crippen molar-refractivity contribution >= 4 is 15.9 Å². The maximum atomic E-state index is 6.57. The van der Waals surface area contributed by atoms with Crippen molar-refractivity contribution in [3.63, 3.8) is 0 Å². The molecule has 0 amide bonds. The highest BCUT2D eigenvalue weighted by molar-refractivity contribution is 9.10. The predicted molar refractivity (Wildman–Crippen MR) is 89.7 cm³/mol. The second-order valence-corrected chi connectivity index (χ2v) is 7.15. The first-order valence-electron chi connectivity index (χ1n) is 7.64. The van der Waals surface area contributed by atoms with Gasteiger partial charge >= 0.3 is 0 Å². The maximum absolute atomic E-state index is 6.57. The molecule has 3 unspecified atom stereocenters. The van der Waals surface area contributed by atoms with E-state index in [1.165, 1.54) is 12.8 Å². The van der Waals surface area contributed by atoms with Gasteiger partial charge in [-0.25, -0.2) is 0 Å². The van der Waals surface area contributed by atoms with Crippen molar-refractivity contribution in [2.24, 2.45) is 11.7 Å². The topological polar surface area (TPSA) is 44.5 Å². The number of benzene rings is 1. The zero-order valence-electron chi connectivity index (χ0n) is 13.2. The third-order valence-electron chi connectivity index (χ3n) is 4.76. The SMILES string of the molecule is COc1ccc(Br)cc1CC(N)C1(OC)CCCC(C)C1. The van der Waals surface area contributed by atoms with Crippen LogP contribution in [0.5, 0.6) is 5.75 Å². The van der Waals surface area contributed by atoms with Gasteiger partial charge in [0.1, 0.15) is 5.75 Å². The Balaban J connectivity index is 2.19. The quantitative estimate of drug-likeness (QED) is 0.870. The number of nitrogens with two attached hydrogens (primary N) is 1. The molecule has 1 saturated carbocycles. The van der Waals surface area contributed by atoms with Crippen molar-refractivity contribution < 1.29 is 9.47 Å². The molecule has 0 aliphatic heterocycles. The van der Waals surface area contributed by atoms with E-state index >= 15 is 0 Å². The molecule has 0 bridgehead atoms. The number of hydrogen-bond donors (Lipinski definition) is 1. The summed E-state index contributed by atoms with van der Waals surface area (Å²) < 4.78 is 12.4. The van der Waals surface area contributed by atoms with E-state index in [0.29, 0.717) is 5.92 Å². The first-order valence-corrected chi connectivity index (χ1v) is 8.43. The minimum Gasteiger partial charge on any atom is -0.496 e. The highest BCUT2D eigenvalue weighted by Crippen LogP contribution is 2.38. The molecule has 118 valence electrons. The molecule has 3 atom stereocenters. The van der Waals surface area contributed by atoms with Gasteiger partial charge in [-0.05, 0) is 48.9 Å². The van der Waals surface area contributed by atoms with Crippen molar-refractivity contribution in [1.82, 2.24) is 0 Å². The number of rotatable bonds is 5. The first-order chi connectivity index (χ1) is 10.0. The van der Waals surface area contributed by atoms with E-state index in [1.807, 2.05) is 12.1 Å². The number of methoxy groups -OCH3 is 2. The largest absolute Gasteiger partial charge is 0.496 e. The van der Waals surface area contributed by atoms with Crippen LogP contribution in [0.15, 0.2) is 22.7 Å². The predicted octanol–water partition coefficient (Wildman–Crippen LogP) is 3.92. The summed E-state index contributed by atoms with van der Waals surface area (Å²) in [6.07, 6.45) is 5.33. The number of ether oxygens (including phenoxy) is 2. The van der Waals surface area contributed by atoms with Crippen LogP contribution in [0.1, 0.15) is 38.2 Å². The minimum atomic E-state index is -0.203. The van der Waals surface area contributed by atoms with Gasteiger partial charge in [0.15, 0.2) is 0 Å². The number of hydrogen-bond acceptors (Lipinski definition) is 3. The van der Waals surface area contributed by atoms with E-state index in [4.69, 9.17) is 15.2 Å². The van der Waals surface area contributed by atoms with E-state index in [-0.39, 0.29) is 11.6 Å². The lowest BCUT2D eigenvalue weighted by molar-refractivity contribution is -0.0705. The summed E-state index contributed by atoms with van der Waals surface area (Å²) >= 11 is 3.52. The van der Waals surface area contributed by atoms with E-state index < -0.39 is 0 Å². The lowest BCUT2D eigenvalue weighted by Crippen LogP contribution is -2.53. The van der Waals surface area contributed by atoms with Crippen molar-refractivity contribution in [1.29, 1.82) is 0 Å². The van der Waals surface area contributed by atoms with Crippen LogP contribution in [0.3, 0.4) is 0 Å². The van der Waals surface area contributed by atoms with Gasteiger partial charge < -0.3 is 15.2 Å². The molecule has 1 aliphatic carbocycles. The Labute approximate surface area is 136 Å². The van der Waals surface area contributed by atoms with Crippen LogP contribution in [-0.2, 0) is 11.2 Å². The molecule has 4 heteroatoms. The molecule has 2 rings (SSSR count). The fourth-order valence-electron chi connectivity index (χ4n) is 3.55. The minimum absolute atomic E-state index is 0.0200. The summed E-state index contributed by atoms with van der Waals surface area (Å²) in [5, 5.41) is 0. The molecule has 0 aromatic heterocycles. The summed E-state index contributed by atoms with van der Waals surface area (Å²) in [7, 11) is 3.50. The van der Waals surface area contributed by atoms with E-state index in [0.717, 1.165) is 35.0 Å². The molecule has 0 spiro atoms. The van der Waals surface area contributed by atoms with Gasteiger partial charge in [0.2, 0.25) is 0 Å². The fourth-order valence-corrected chi connectivity index (χ4v) is 3.96. The zero-order chi connectivity index (χ0) is 15.5. The smallest absolute Gasteiger partial charge is 0.122 e. The van der Waals surface area contributed by atoms with E-state index in [9.17, 15) is 0 Å². The average Bonchev–Trinajstić information content (AvgIpc) is 2.47. The molecular formula is C17H26BrNO2. The van der Waals surface area contributed by atoms with E-state index in [2.05, 4.69) is 28.9 Å². The normalized spacial score (nSPS) is 27.4. The molecule has 0 radical (unpaired) electrons. The Morgan fingerprint density at radius 3 is 2.81 bits per heavy atom. The summed E-state index contributed by atoms with van der Waals surface area (Å²) in [5.74, 6) is 1.57. The van der Waals surface area contributed by atoms with Gasteiger partial charge in [-0.2, -0.15) is 0 Å². The highest BCUT2D eigenvalue weighted by atomic mass is 79.9. The summed E-state index contributed by atoms with van der Waals surface area (Å²) in [6.45, 7) is 2.29. The van der Waals surface area contributed by atoms with Crippen molar-refractivity contribution in [2.75, 3.05) is 14.2 Å². The van der Waals surface area contributed by atoms with E-state index in [1.54, 1.807) is 14.2 Å². The molecule has 3 nitrogen and oxygen atoms in total. The van der Waals surface area contributed by atoms with Gasteiger partial charge in [-0.15, -0.1) is 0 Å². The van der Waals surface area contributed by atoms with Gasteiger partial charge in [0.25, 0.3) is 0 Å². The molecule has 0 heterocycles. The molecule has 1 aromatic carbocycles. The van der Waals surface area contributed by atoms with Crippen LogP contribution in [0.25, 0.3) is 0 Å². The summed E-state index contributed by atoms with van der Waals surface area (Å²) in [6, 6.07) is 6.04. The second-order valence-electron chi connectivity index (χ2n) is 6.24. The molecular weight excluding hydrogens is 330 g/mol. The van der Waals surface area contributed by atoms with Crippen molar-refractivity contribution in [2.45, 2.75) is 50.7 Å². The molecule has 0 saturated heterocycles. The van der Waals surface area contributed by atoms with Crippen LogP contribution in [-0.4, -0.2) is 25.9 Å². The Bertz CT molecular complexity index is 480. The second kappa shape index (κ2) is 7.12. The lowest BCUT2D eigenvalue weighted by Gasteiger charge is -2.43. The van der Waals surface area contributed by atoms with Crippen molar-refractivity contribution in [3.8, 4) is 5.75 Å². The Kier molecular flexibility index (Phi) is 5.69. The van der Waals surface area contributed by atoms with Gasteiger partial charge in [-0.1, -0.05) is 35.7 Å². The van der Waals surface area contributed by atoms with Crippen LogP contribution in [0.4, 0.5) is 0 Å². The zero-order valence-corrected chi connectivity index (χ0v) is 14.8. The molecule has 1 fully saturated rings. The van der Waals surface area contributed by atoms with Crippen LogP contribution in [0.2, 0.25) is 0 Å². The molecule has 2 N–H and O–H groups in total. The summed E-state index contributed by atoms with van der Waals surface area (Å²) in [5.41, 5.74) is 7.50. The third-order valence-corrected chi connectivity index (χ3v) is 5.25. The third kappa shape index (κ3) is 3.79. The lowest BCUT2D eigenvalue weighted by atomic mass is 9.73. The van der Waals surface area contributed by atoms with Gasteiger partial charge in [0.05, 0.1) is 12.7 Å². The molecule has 1 aliphatic rings. The average molecular weight is 356 g/mol. The van der Waals surface area contributed by atoms with Crippen LogP contribution in [0, 0.1) is 5.92 Å². The van der Waals surface area contributed by atoms with Crippen LogP contribution >= 0.6 is 15.9 Å². The first kappa shape index (κ1) is 16.8. The fraction of sp³-hybridized carbons (Fsp3) is 0.647. The standard InChI is InChI=1S/C17H26BrNO2/c1-12-5-4-8-17(11-12,21-3)16(19)10-13-9-14(18)6-7-15(13)20-2/h6-7,9,12,16H,4-5,8,10-11,19H2,1-3H3. The van der Waals surface area contributed by atoms with Crippen molar-refractivity contribution in [3.05, 3.63) is 28.2 Å². The summed E-state index contributed by atoms with van der Waals surface area (Å²) in [4.78, 5) is 0. The highest BCUT2D eigenvalue weighted by Gasteiger charge is 2.40. The van der Waals surface area contributed by atoms with Gasteiger partial charge in [0, 0.05) is 17.6 Å². The maximum Gasteiger partial charge on any atom is 0.122 e. The van der Waals surface area contributed by atoms with Gasteiger partial charge in [-0.3, -0.25) is 0 Å². The van der Waals surface area contributed by atoms with Crippen LogP contribution < -0.4 is 10.5 Å². The number of halogens is 1. The monoisotopic (exact) mass is 355 g/mol. The Morgan fingerprint density at radius 2 is 2.19 bits per heavy atom. The molecule has 1 aromatic rings. The Morgan fingerprint density at radius 1 is 1.43 bits per heavy atom. The molecule has 21 heavy (non-hydrogen) atoms.